The molecule has 0 radical (unpaired) electrons. The summed E-state index contributed by atoms with van der Waals surface area (Å²) in [6.45, 7) is 2.28. The van der Waals surface area contributed by atoms with Gasteiger partial charge in [-0.1, -0.05) is 41.1 Å². The number of hydrogen-bond donors (Lipinski definition) is 1. The van der Waals surface area contributed by atoms with Gasteiger partial charge in [-0.25, -0.2) is 0 Å². The fourth-order valence-electron chi connectivity index (χ4n) is 2.11. The lowest BCUT2D eigenvalue weighted by molar-refractivity contribution is -0.143. The number of carbonyl (C=O) groups is 2. The van der Waals surface area contributed by atoms with Gasteiger partial charge in [0.05, 0.1) is 0 Å². The third kappa shape index (κ3) is 6.58. The molecule has 0 bridgehead atoms. The van der Waals surface area contributed by atoms with E-state index in [1.54, 1.807) is 18.2 Å². The van der Waals surface area contributed by atoms with Crippen LogP contribution in [0.2, 0.25) is 0 Å². The van der Waals surface area contributed by atoms with Gasteiger partial charge in [-0.3, -0.25) is 9.59 Å². The minimum Gasteiger partial charge on any atom is -0.490 e. The van der Waals surface area contributed by atoms with E-state index < -0.39 is 5.97 Å². The van der Waals surface area contributed by atoms with Crippen molar-refractivity contribution in [3.63, 3.8) is 0 Å². The Morgan fingerprint density at radius 3 is 2.64 bits per heavy atom. The monoisotopic (exact) mass is 405 g/mol. The van der Waals surface area contributed by atoms with Gasteiger partial charge in [0.1, 0.15) is 25.5 Å². The Morgan fingerprint density at radius 1 is 1.08 bits per heavy atom. The van der Waals surface area contributed by atoms with Crippen LogP contribution in [-0.2, 0) is 16.0 Å². The number of benzene rings is 2. The Balaban J connectivity index is 1.66. The third-order valence-electron chi connectivity index (χ3n) is 3.40. The highest BCUT2D eigenvalue weighted by molar-refractivity contribution is 9.10. The molecule has 6 heteroatoms. The standard InChI is InChI=1S/C19H20BrNO4/c1-2-14-5-3-8-17(11-14)24-9-10-25-18(22)13-21-19(23)15-6-4-7-16(20)12-15/h3-8,11-12H,2,9-10,13H2,1H3,(H,21,23). The van der Waals surface area contributed by atoms with E-state index in [4.69, 9.17) is 9.47 Å². The second-order valence-electron chi connectivity index (χ2n) is 5.26. The predicted octanol–water partition coefficient (Wildman–Crippen LogP) is 3.36. The highest BCUT2D eigenvalue weighted by Crippen LogP contribution is 2.13. The van der Waals surface area contributed by atoms with Crippen LogP contribution in [0.5, 0.6) is 5.75 Å². The summed E-state index contributed by atoms with van der Waals surface area (Å²) < 4.78 is 11.4. The van der Waals surface area contributed by atoms with Crippen molar-refractivity contribution in [3.05, 3.63) is 64.1 Å². The first-order valence-corrected chi connectivity index (χ1v) is 8.79. The van der Waals surface area contributed by atoms with Gasteiger partial charge in [0.25, 0.3) is 5.91 Å². The Labute approximate surface area is 155 Å². The van der Waals surface area contributed by atoms with Crippen LogP contribution in [0.25, 0.3) is 0 Å². The molecule has 0 aliphatic heterocycles. The molecule has 2 aromatic carbocycles. The van der Waals surface area contributed by atoms with E-state index in [1.807, 2.05) is 30.3 Å². The second-order valence-corrected chi connectivity index (χ2v) is 6.18. The van der Waals surface area contributed by atoms with E-state index in [-0.39, 0.29) is 25.7 Å². The van der Waals surface area contributed by atoms with E-state index in [0.717, 1.165) is 16.6 Å². The van der Waals surface area contributed by atoms with Crippen molar-refractivity contribution in [2.24, 2.45) is 0 Å². The maximum absolute atomic E-state index is 11.9. The van der Waals surface area contributed by atoms with Gasteiger partial charge in [-0.15, -0.1) is 0 Å². The molecule has 5 nitrogen and oxygen atoms in total. The van der Waals surface area contributed by atoms with Crippen LogP contribution in [0.4, 0.5) is 0 Å². The Bertz CT molecular complexity index is 733. The molecule has 0 saturated heterocycles. The summed E-state index contributed by atoms with van der Waals surface area (Å²) in [5.74, 6) is -0.0847. The quantitative estimate of drug-likeness (QED) is 0.540. The number of amides is 1. The lowest BCUT2D eigenvalue weighted by Gasteiger charge is -2.09. The molecule has 2 aromatic rings. The van der Waals surface area contributed by atoms with Gasteiger partial charge < -0.3 is 14.8 Å². The Hall–Kier alpha value is -2.34. The van der Waals surface area contributed by atoms with E-state index >= 15 is 0 Å². The minimum absolute atomic E-state index is 0.127. The number of nitrogens with one attached hydrogen (secondary N) is 1. The first-order valence-electron chi connectivity index (χ1n) is 7.99. The zero-order valence-corrected chi connectivity index (χ0v) is 15.5. The van der Waals surface area contributed by atoms with Crippen molar-refractivity contribution in [3.8, 4) is 5.75 Å². The van der Waals surface area contributed by atoms with Crippen LogP contribution in [0, 0.1) is 0 Å². The maximum atomic E-state index is 11.9. The van der Waals surface area contributed by atoms with E-state index in [2.05, 4.69) is 28.2 Å². The molecule has 0 unspecified atom stereocenters. The van der Waals surface area contributed by atoms with Gasteiger partial charge in [-0.2, -0.15) is 0 Å². The number of aryl methyl sites for hydroxylation is 1. The molecular weight excluding hydrogens is 386 g/mol. The van der Waals surface area contributed by atoms with Gasteiger partial charge in [0, 0.05) is 10.0 Å². The summed E-state index contributed by atoms with van der Waals surface area (Å²) in [4.78, 5) is 23.6. The molecule has 0 aliphatic rings. The second kappa shape index (κ2) is 9.84. The number of carbonyl (C=O) groups excluding carboxylic acids is 2. The highest BCUT2D eigenvalue weighted by Gasteiger charge is 2.09. The van der Waals surface area contributed by atoms with E-state index in [0.29, 0.717) is 5.56 Å². The van der Waals surface area contributed by atoms with Crippen molar-refractivity contribution < 1.29 is 19.1 Å². The lowest BCUT2D eigenvalue weighted by atomic mass is 10.2. The van der Waals surface area contributed by atoms with E-state index in [9.17, 15) is 9.59 Å². The van der Waals surface area contributed by atoms with Gasteiger partial charge in [-0.05, 0) is 42.3 Å². The highest BCUT2D eigenvalue weighted by atomic mass is 79.9. The van der Waals surface area contributed by atoms with Crippen molar-refractivity contribution in [2.45, 2.75) is 13.3 Å². The molecular formula is C19H20BrNO4. The fourth-order valence-corrected chi connectivity index (χ4v) is 2.50. The van der Waals surface area contributed by atoms with Gasteiger partial charge in [0.15, 0.2) is 0 Å². The topological polar surface area (TPSA) is 64.6 Å². The number of rotatable bonds is 8. The van der Waals surface area contributed by atoms with Crippen molar-refractivity contribution >= 4 is 27.8 Å². The number of ether oxygens (including phenoxy) is 2. The van der Waals surface area contributed by atoms with Crippen LogP contribution >= 0.6 is 15.9 Å². The van der Waals surface area contributed by atoms with Gasteiger partial charge >= 0.3 is 5.97 Å². The van der Waals surface area contributed by atoms with Crippen molar-refractivity contribution in [2.75, 3.05) is 19.8 Å². The molecule has 0 fully saturated rings. The van der Waals surface area contributed by atoms with Gasteiger partial charge in [0.2, 0.25) is 0 Å². The van der Waals surface area contributed by atoms with E-state index in [1.165, 1.54) is 5.56 Å². The van der Waals surface area contributed by atoms with Crippen LogP contribution in [0.1, 0.15) is 22.8 Å². The van der Waals surface area contributed by atoms with Crippen LogP contribution in [0.3, 0.4) is 0 Å². The SMILES string of the molecule is CCc1cccc(OCCOC(=O)CNC(=O)c2cccc(Br)c2)c1. The first-order chi connectivity index (χ1) is 12.1. The summed E-state index contributed by atoms with van der Waals surface area (Å²) >= 11 is 3.30. The average molecular weight is 406 g/mol. The number of halogens is 1. The molecule has 2 rings (SSSR count). The lowest BCUT2D eigenvalue weighted by Crippen LogP contribution is -2.31. The summed E-state index contributed by atoms with van der Waals surface area (Å²) in [5.41, 5.74) is 1.66. The Kier molecular flexibility index (Phi) is 7.47. The molecule has 0 heterocycles. The summed E-state index contributed by atoms with van der Waals surface area (Å²) in [7, 11) is 0. The van der Waals surface area contributed by atoms with Crippen LogP contribution in [0.15, 0.2) is 53.0 Å². The summed E-state index contributed by atoms with van der Waals surface area (Å²) in [6.07, 6.45) is 0.934. The molecule has 1 N–H and O–H groups in total. The van der Waals surface area contributed by atoms with Crippen molar-refractivity contribution in [1.82, 2.24) is 5.32 Å². The zero-order chi connectivity index (χ0) is 18.1. The smallest absolute Gasteiger partial charge is 0.325 e. The molecule has 25 heavy (non-hydrogen) atoms. The van der Waals surface area contributed by atoms with Crippen LogP contribution in [-0.4, -0.2) is 31.6 Å². The molecule has 0 spiro atoms. The minimum atomic E-state index is -0.505. The average Bonchev–Trinajstić information content (AvgIpc) is 2.63. The predicted molar refractivity (Wildman–Crippen MR) is 98.7 cm³/mol. The molecule has 1 amide bonds. The summed E-state index contributed by atoms with van der Waals surface area (Å²) in [6, 6.07) is 14.7. The zero-order valence-electron chi connectivity index (χ0n) is 14.0. The molecule has 0 atom stereocenters. The summed E-state index contributed by atoms with van der Waals surface area (Å²) in [5, 5.41) is 2.52. The number of esters is 1. The fraction of sp³-hybridized carbons (Fsp3) is 0.263. The molecule has 132 valence electrons. The van der Waals surface area contributed by atoms with Crippen LogP contribution < -0.4 is 10.1 Å². The number of hydrogen-bond acceptors (Lipinski definition) is 4. The molecule has 0 aromatic heterocycles. The van der Waals surface area contributed by atoms with Crippen molar-refractivity contribution in [1.29, 1.82) is 0 Å². The largest absolute Gasteiger partial charge is 0.490 e. The molecule has 0 saturated carbocycles. The first kappa shape index (κ1) is 19.0. The Morgan fingerprint density at radius 2 is 1.88 bits per heavy atom. The third-order valence-corrected chi connectivity index (χ3v) is 3.90. The molecule has 0 aliphatic carbocycles. The normalized spacial score (nSPS) is 10.2. The maximum Gasteiger partial charge on any atom is 0.325 e.